The first kappa shape index (κ1) is 12.8. The van der Waals surface area contributed by atoms with Gasteiger partial charge in [0, 0.05) is 5.88 Å². The van der Waals surface area contributed by atoms with Crippen molar-refractivity contribution >= 4 is 11.6 Å². The molecule has 94 valence electrons. The molecule has 1 aliphatic carbocycles. The maximum absolute atomic E-state index is 6.04. The van der Waals surface area contributed by atoms with Gasteiger partial charge in [-0.15, -0.1) is 11.6 Å². The number of hydrogen-bond donors (Lipinski definition) is 0. The summed E-state index contributed by atoms with van der Waals surface area (Å²) in [5.74, 6) is 2.42. The van der Waals surface area contributed by atoms with Crippen molar-refractivity contribution in [3.8, 4) is 5.75 Å². The minimum Gasteiger partial charge on any atom is -0.490 e. The lowest BCUT2D eigenvalue weighted by molar-refractivity contribution is 0.122. The summed E-state index contributed by atoms with van der Waals surface area (Å²) in [5, 5.41) is 0. The molecule has 0 N–H and O–H groups in total. The molecule has 2 unspecified atom stereocenters. The van der Waals surface area contributed by atoms with Gasteiger partial charge in [-0.3, -0.25) is 0 Å². The van der Waals surface area contributed by atoms with Crippen molar-refractivity contribution in [2.45, 2.75) is 51.0 Å². The maximum atomic E-state index is 6.04. The number of benzene rings is 1. The smallest absolute Gasteiger partial charge is 0.119 e. The van der Waals surface area contributed by atoms with Crippen LogP contribution in [0.1, 0.15) is 44.6 Å². The molecule has 0 aliphatic heterocycles. The molecule has 1 aromatic carbocycles. The van der Waals surface area contributed by atoms with Crippen molar-refractivity contribution in [2.24, 2.45) is 5.92 Å². The first-order valence-corrected chi connectivity index (χ1v) is 7.16. The molecule has 0 amide bonds. The first-order chi connectivity index (χ1) is 8.31. The number of halogens is 1. The summed E-state index contributed by atoms with van der Waals surface area (Å²) in [6.45, 7) is 2.28. The minimum atomic E-state index is 0.413. The van der Waals surface area contributed by atoms with E-state index in [0.717, 1.165) is 17.2 Å². The Bertz CT molecular complexity index is 333. The molecule has 1 aromatic rings. The third-order valence-corrected chi connectivity index (χ3v) is 4.00. The van der Waals surface area contributed by atoms with Crippen molar-refractivity contribution < 1.29 is 4.74 Å². The van der Waals surface area contributed by atoms with E-state index >= 15 is 0 Å². The average Bonchev–Trinajstić information content (AvgIpc) is 2.40. The molecule has 2 rings (SSSR count). The van der Waals surface area contributed by atoms with Gasteiger partial charge in [0.05, 0.1) is 6.10 Å². The lowest BCUT2D eigenvalue weighted by Gasteiger charge is -2.29. The Labute approximate surface area is 109 Å². The predicted octanol–water partition coefficient (Wildman–Crippen LogP) is 4.77. The Morgan fingerprint density at radius 3 is 2.65 bits per heavy atom. The van der Waals surface area contributed by atoms with Gasteiger partial charge >= 0.3 is 0 Å². The Morgan fingerprint density at radius 1 is 1.24 bits per heavy atom. The summed E-state index contributed by atoms with van der Waals surface area (Å²) in [6, 6.07) is 8.16. The van der Waals surface area contributed by atoms with Crippen molar-refractivity contribution in [1.29, 1.82) is 0 Å². The number of rotatable bonds is 4. The Hall–Kier alpha value is -0.690. The van der Waals surface area contributed by atoms with Gasteiger partial charge in [-0.25, -0.2) is 0 Å². The quantitative estimate of drug-likeness (QED) is 0.701. The van der Waals surface area contributed by atoms with E-state index < -0.39 is 0 Å². The lowest BCUT2D eigenvalue weighted by Crippen LogP contribution is -2.25. The Balaban J connectivity index is 1.90. The Kier molecular flexibility index (Phi) is 4.73. The molecule has 17 heavy (non-hydrogen) atoms. The highest BCUT2D eigenvalue weighted by molar-refractivity contribution is 6.17. The summed E-state index contributed by atoms with van der Waals surface area (Å²) in [7, 11) is 0. The molecule has 0 bridgehead atoms. The predicted molar refractivity (Wildman–Crippen MR) is 72.7 cm³/mol. The van der Waals surface area contributed by atoms with Crippen LogP contribution in [0.5, 0.6) is 5.75 Å². The number of hydrogen-bond acceptors (Lipinski definition) is 1. The molecule has 0 saturated heterocycles. The van der Waals surface area contributed by atoms with Crippen LogP contribution in [0.15, 0.2) is 24.3 Å². The van der Waals surface area contributed by atoms with Gasteiger partial charge in [0.15, 0.2) is 0 Å². The molecule has 1 saturated carbocycles. The van der Waals surface area contributed by atoms with E-state index in [1.807, 2.05) is 24.3 Å². The van der Waals surface area contributed by atoms with E-state index in [0.29, 0.717) is 12.0 Å². The van der Waals surface area contributed by atoms with E-state index in [4.69, 9.17) is 16.3 Å². The zero-order valence-electron chi connectivity index (χ0n) is 10.5. The maximum Gasteiger partial charge on any atom is 0.119 e. The second kappa shape index (κ2) is 6.30. The van der Waals surface area contributed by atoms with Gasteiger partial charge in [-0.05, 0) is 42.9 Å². The van der Waals surface area contributed by atoms with Crippen LogP contribution in [0, 0.1) is 5.92 Å². The van der Waals surface area contributed by atoms with Crippen molar-refractivity contribution in [1.82, 2.24) is 0 Å². The van der Waals surface area contributed by atoms with Crippen LogP contribution in [0.3, 0.4) is 0 Å². The van der Waals surface area contributed by atoms with Crippen LogP contribution in [0.2, 0.25) is 0 Å². The van der Waals surface area contributed by atoms with E-state index in [9.17, 15) is 0 Å². The molecule has 1 fully saturated rings. The van der Waals surface area contributed by atoms with Gasteiger partial charge < -0.3 is 4.74 Å². The fraction of sp³-hybridized carbons (Fsp3) is 0.600. The zero-order chi connectivity index (χ0) is 12.1. The SMILES string of the molecule is CCC1CCCC(Oc2ccc(CCl)cc2)C1. The normalized spacial score (nSPS) is 24.6. The van der Waals surface area contributed by atoms with Crippen molar-refractivity contribution in [3.05, 3.63) is 29.8 Å². The molecule has 2 heteroatoms. The van der Waals surface area contributed by atoms with Gasteiger partial charge in [0.1, 0.15) is 5.75 Å². The summed E-state index contributed by atoms with van der Waals surface area (Å²) in [4.78, 5) is 0. The second-order valence-electron chi connectivity index (χ2n) is 4.96. The van der Waals surface area contributed by atoms with E-state index in [2.05, 4.69) is 6.92 Å². The third kappa shape index (κ3) is 3.64. The fourth-order valence-electron chi connectivity index (χ4n) is 2.57. The molecule has 0 aromatic heterocycles. The summed E-state index contributed by atoms with van der Waals surface area (Å²) >= 11 is 5.77. The standard InChI is InChI=1S/C15H21ClO/c1-2-12-4-3-5-15(10-12)17-14-8-6-13(11-16)7-9-14/h6-9,12,15H,2-5,10-11H2,1H3. The molecule has 1 aliphatic rings. The molecular weight excluding hydrogens is 232 g/mol. The lowest BCUT2D eigenvalue weighted by atomic mass is 9.85. The Morgan fingerprint density at radius 2 is 2.00 bits per heavy atom. The van der Waals surface area contributed by atoms with Gasteiger partial charge in [0.2, 0.25) is 0 Å². The molecular formula is C15H21ClO. The second-order valence-corrected chi connectivity index (χ2v) is 5.23. The zero-order valence-corrected chi connectivity index (χ0v) is 11.2. The van der Waals surface area contributed by atoms with Crippen LogP contribution >= 0.6 is 11.6 Å². The topological polar surface area (TPSA) is 9.23 Å². The average molecular weight is 253 g/mol. The highest BCUT2D eigenvalue weighted by Gasteiger charge is 2.21. The molecule has 0 spiro atoms. The largest absolute Gasteiger partial charge is 0.490 e. The summed E-state index contributed by atoms with van der Waals surface area (Å²) in [5.41, 5.74) is 1.15. The van der Waals surface area contributed by atoms with E-state index in [1.54, 1.807) is 0 Å². The summed E-state index contributed by atoms with van der Waals surface area (Å²) in [6.07, 6.45) is 6.80. The monoisotopic (exact) mass is 252 g/mol. The van der Waals surface area contributed by atoms with Gasteiger partial charge in [0.25, 0.3) is 0 Å². The van der Waals surface area contributed by atoms with Gasteiger partial charge in [-0.2, -0.15) is 0 Å². The van der Waals surface area contributed by atoms with E-state index in [-0.39, 0.29) is 0 Å². The number of ether oxygens (including phenoxy) is 1. The molecule has 0 radical (unpaired) electrons. The van der Waals surface area contributed by atoms with Crippen LogP contribution in [0.25, 0.3) is 0 Å². The van der Waals surface area contributed by atoms with E-state index in [1.165, 1.54) is 32.1 Å². The summed E-state index contributed by atoms with van der Waals surface area (Å²) < 4.78 is 6.04. The highest BCUT2D eigenvalue weighted by Crippen LogP contribution is 2.29. The molecule has 0 heterocycles. The van der Waals surface area contributed by atoms with Crippen LogP contribution in [-0.2, 0) is 5.88 Å². The third-order valence-electron chi connectivity index (χ3n) is 3.69. The van der Waals surface area contributed by atoms with Crippen molar-refractivity contribution in [3.63, 3.8) is 0 Å². The van der Waals surface area contributed by atoms with Crippen LogP contribution in [-0.4, -0.2) is 6.10 Å². The number of alkyl halides is 1. The van der Waals surface area contributed by atoms with Crippen molar-refractivity contribution in [2.75, 3.05) is 0 Å². The van der Waals surface area contributed by atoms with Crippen LogP contribution < -0.4 is 4.74 Å². The molecule has 2 atom stereocenters. The van der Waals surface area contributed by atoms with Gasteiger partial charge in [-0.1, -0.05) is 31.9 Å². The van der Waals surface area contributed by atoms with Crippen LogP contribution in [0.4, 0.5) is 0 Å². The highest BCUT2D eigenvalue weighted by atomic mass is 35.5. The first-order valence-electron chi connectivity index (χ1n) is 6.63. The minimum absolute atomic E-state index is 0.413. The molecule has 1 nitrogen and oxygen atoms in total. The fourth-order valence-corrected chi connectivity index (χ4v) is 2.75.